The van der Waals surface area contributed by atoms with Crippen molar-refractivity contribution in [3.63, 3.8) is 0 Å². The second kappa shape index (κ2) is 9.57. The number of aromatic nitrogens is 3. The van der Waals surface area contributed by atoms with Crippen LogP contribution in [0, 0.1) is 17.6 Å². The molecule has 1 spiro atoms. The first-order valence-corrected chi connectivity index (χ1v) is 13.2. The first kappa shape index (κ1) is 26.0. The minimum Gasteiger partial charge on any atom is -0.502 e. The third-order valence-corrected chi connectivity index (χ3v) is 8.73. The van der Waals surface area contributed by atoms with E-state index in [2.05, 4.69) is 10.2 Å². The third kappa shape index (κ3) is 4.07. The summed E-state index contributed by atoms with van der Waals surface area (Å²) in [7, 11) is 1.79. The van der Waals surface area contributed by atoms with Gasteiger partial charge in [-0.2, -0.15) is 0 Å². The van der Waals surface area contributed by atoms with Crippen LogP contribution in [0.25, 0.3) is 10.6 Å². The molecule has 0 saturated heterocycles. The van der Waals surface area contributed by atoms with Gasteiger partial charge >= 0.3 is 0 Å². The van der Waals surface area contributed by atoms with Crippen molar-refractivity contribution in [2.45, 2.75) is 51.6 Å². The molecule has 0 bridgehead atoms. The highest BCUT2D eigenvalue weighted by Gasteiger charge is 2.51. The maximum absolute atomic E-state index is 14.1. The predicted molar refractivity (Wildman–Crippen MR) is 137 cm³/mol. The van der Waals surface area contributed by atoms with Crippen molar-refractivity contribution in [1.82, 2.24) is 19.8 Å². The number of ketones is 1. The van der Waals surface area contributed by atoms with Gasteiger partial charge in [0.15, 0.2) is 16.5 Å². The number of carbonyl (C=O) groups excluding carboxylic acids is 2. The number of Topliss-reactive ketones (excluding diaryl/α,β-unsaturated/α-hetero) is 1. The molecule has 0 atom stereocenters. The average Bonchev–Trinajstić information content (AvgIpc) is 3.35. The maximum atomic E-state index is 14.1. The molecule has 0 radical (unpaired) electrons. The molecule has 1 aliphatic carbocycles. The standard InChI is InChI=1S/C26H27F2N5O4S/c1-4-32-25(37)21-23(36)22(35)18(13-33(21)31(3)26(32)9-7-15(8-10-26)14(2)34)24-30-29-20(38-24)11-16-5-6-17(27)12-19(16)28/h5-6,12-13,15,36H,4,7-11H2,1-3H3. The largest absolute Gasteiger partial charge is 0.502 e. The van der Waals surface area contributed by atoms with Gasteiger partial charge in [-0.3, -0.25) is 24.1 Å². The molecular formula is C26H27F2N5O4S. The molecule has 5 rings (SSSR count). The highest BCUT2D eigenvalue weighted by Crippen LogP contribution is 2.42. The molecule has 1 N–H and O–H groups in total. The molecule has 3 heterocycles. The van der Waals surface area contributed by atoms with Gasteiger partial charge in [0.25, 0.3) is 5.91 Å². The Hall–Kier alpha value is -3.67. The number of fused-ring (bicyclic) bond motifs is 1. The van der Waals surface area contributed by atoms with Crippen LogP contribution in [0.5, 0.6) is 5.75 Å². The number of carbonyl (C=O) groups is 2. The Bertz CT molecular complexity index is 1500. The van der Waals surface area contributed by atoms with Crippen LogP contribution in [0.1, 0.15) is 60.6 Å². The Morgan fingerprint density at radius 1 is 1.21 bits per heavy atom. The monoisotopic (exact) mass is 543 g/mol. The highest BCUT2D eigenvalue weighted by molar-refractivity contribution is 7.14. The van der Waals surface area contributed by atoms with E-state index in [9.17, 15) is 28.3 Å². The molecule has 1 aromatic carbocycles. The lowest BCUT2D eigenvalue weighted by Gasteiger charge is -2.56. The number of benzene rings is 1. The van der Waals surface area contributed by atoms with E-state index in [1.54, 1.807) is 18.9 Å². The number of aromatic hydroxyl groups is 1. The summed E-state index contributed by atoms with van der Waals surface area (Å²) in [5.41, 5.74) is -1.35. The fourth-order valence-electron chi connectivity index (χ4n) is 5.65. The van der Waals surface area contributed by atoms with Crippen LogP contribution in [-0.2, 0) is 11.2 Å². The van der Waals surface area contributed by atoms with E-state index in [4.69, 9.17) is 0 Å². The van der Waals surface area contributed by atoms with Crippen LogP contribution in [0.15, 0.2) is 29.2 Å². The molecule has 3 aromatic rings. The number of rotatable bonds is 5. The molecule has 9 nitrogen and oxygen atoms in total. The zero-order valence-corrected chi connectivity index (χ0v) is 22.0. The van der Waals surface area contributed by atoms with Crippen LogP contribution in [-0.4, -0.2) is 55.8 Å². The van der Waals surface area contributed by atoms with Gasteiger partial charge in [0.2, 0.25) is 5.43 Å². The molecule has 12 heteroatoms. The van der Waals surface area contributed by atoms with Gasteiger partial charge in [0, 0.05) is 38.2 Å². The maximum Gasteiger partial charge on any atom is 0.278 e. The normalized spacial score (nSPS) is 21.2. The Kier molecular flexibility index (Phi) is 6.54. The van der Waals surface area contributed by atoms with Gasteiger partial charge in [-0.25, -0.2) is 8.78 Å². The van der Waals surface area contributed by atoms with Crippen LogP contribution in [0.2, 0.25) is 0 Å². The molecule has 1 saturated carbocycles. The van der Waals surface area contributed by atoms with E-state index in [1.807, 2.05) is 11.9 Å². The van der Waals surface area contributed by atoms with Gasteiger partial charge in [0.05, 0.1) is 5.56 Å². The summed E-state index contributed by atoms with van der Waals surface area (Å²) in [5, 5.41) is 21.5. The van der Waals surface area contributed by atoms with E-state index in [0.29, 0.717) is 37.2 Å². The third-order valence-electron chi connectivity index (χ3n) is 7.77. The van der Waals surface area contributed by atoms with Crippen molar-refractivity contribution in [1.29, 1.82) is 0 Å². The summed E-state index contributed by atoms with van der Waals surface area (Å²) < 4.78 is 28.9. The van der Waals surface area contributed by atoms with Crippen LogP contribution in [0.3, 0.4) is 0 Å². The fourth-order valence-corrected chi connectivity index (χ4v) is 6.52. The lowest BCUT2D eigenvalue weighted by atomic mass is 9.78. The summed E-state index contributed by atoms with van der Waals surface area (Å²) in [4.78, 5) is 40.4. The number of hydrogen-bond acceptors (Lipinski definition) is 8. The first-order chi connectivity index (χ1) is 18.1. The number of amides is 1. The zero-order chi connectivity index (χ0) is 27.4. The van der Waals surface area contributed by atoms with Crippen molar-refractivity contribution in [2.75, 3.05) is 18.6 Å². The predicted octanol–water partition coefficient (Wildman–Crippen LogP) is 3.46. The van der Waals surface area contributed by atoms with Gasteiger partial charge in [-0.1, -0.05) is 17.4 Å². The minimum atomic E-state index is -0.763. The average molecular weight is 544 g/mol. The zero-order valence-electron chi connectivity index (χ0n) is 21.2. The topological polar surface area (TPSA) is 109 Å². The lowest BCUT2D eigenvalue weighted by Crippen LogP contribution is -2.70. The Morgan fingerprint density at radius 3 is 2.55 bits per heavy atom. The number of pyridine rings is 1. The number of hydrogen-bond donors (Lipinski definition) is 1. The van der Waals surface area contributed by atoms with E-state index >= 15 is 0 Å². The smallest absolute Gasteiger partial charge is 0.278 e. The highest BCUT2D eigenvalue weighted by atomic mass is 32.1. The number of halogens is 2. The summed E-state index contributed by atoms with van der Waals surface area (Å²) in [5.74, 6) is -2.48. The SMILES string of the molecule is CCN1C(=O)c2c(O)c(=O)c(-c3nnc(Cc4ccc(F)cc4F)s3)cn2N(C)C12CCC(C(C)=O)CC2. The van der Waals surface area contributed by atoms with Crippen molar-refractivity contribution in [3.05, 3.63) is 62.5 Å². The van der Waals surface area contributed by atoms with E-state index in [1.165, 1.54) is 16.9 Å². The molecular weight excluding hydrogens is 516 g/mol. The van der Waals surface area contributed by atoms with E-state index < -0.39 is 34.4 Å². The molecule has 1 fully saturated rings. The van der Waals surface area contributed by atoms with E-state index in [-0.39, 0.29) is 40.0 Å². The van der Waals surface area contributed by atoms with Crippen LogP contribution < -0.4 is 10.4 Å². The van der Waals surface area contributed by atoms with Crippen molar-refractivity contribution in [2.24, 2.45) is 5.92 Å². The van der Waals surface area contributed by atoms with Gasteiger partial charge in [0.1, 0.15) is 28.1 Å². The van der Waals surface area contributed by atoms with Crippen LogP contribution >= 0.6 is 11.3 Å². The fraction of sp³-hybridized carbons (Fsp3) is 0.423. The first-order valence-electron chi connectivity index (χ1n) is 12.4. The van der Waals surface area contributed by atoms with Gasteiger partial charge in [-0.15, -0.1) is 10.2 Å². The summed E-state index contributed by atoms with van der Waals surface area (Å²) in [6, 6.07) is 3.27. The molecule has 2 aromatic heterocycles. The van der Waals surface area contributed by atoms with Gasteiger partial charge in [-0.05, 0) is 51.2 Å². The molecule has 1 aliphatic heterocycles. The summed E-state index contributed by atoms with van der Waals surface area (Å²) in [6.07, 6.45) is 3.88. The van der Waals surface area contributed by atoms with Crippen molar-refractivity contribution in [3.8, 4) is 16.3 Å². The Morgan fingerprint density at radius 2 is 1.92 bits per heavy atom. The second-order valence-electron chi connectivity index (χ2n) is 9.77. The quantitative estimate of drug-likeness (QED) is 0.525. The Labute approximate surface area is 221 Å². The lowest BCUT2D eigenvalue weighted by molar-refractivity contribution is -0.122. The summed E-state index contributed by atoms with van der Waals surface area (Å²) >= 11 is 1.05. The van der Waals surface area contributed by atoms with E-state index in [0.717, 1.165) is 23.5 Å². The molecule has 38 heavy (non-hydrogen) atoms. The molecule has 2 aliphatic rings. The molecule has 0 unspecified atom stereocenters. The summed E-state index contributed by atoms with van der Waals surface area (Å²) in [6.45, 7) is 3.79. The number of nitrogens with zero attached hydrogens (tertiary/aromatic N) is 5. The Balaban J connectivity index is 1.54. The van der Waals surface area contributed by atoms with Crippen molar-refractivity contribution >= 4 is 23.0 Å². The minimum absolute atomic E-state index is 0.0479. The van der Waals surface area contributed by atoms with Gasteiger partial charge < -0.3 is 10.0 Å². The second-order valence-corrected chi connectivity index (χ2v) is 10.8. The van der Waals surface area contributed by atoms with Crippen LogP contribution in [0.4, 0.5) is 8.78 Å². The van der Waals surface area contributed by atoms with Crippen molar-refractivity contribution < 1.29 is 23.5 Å². The molecule has 200 valence electrons. The molecule has 1 amide bonds.